The lowest BCUT2D eigenvalue weighted by Crippen LogP contribution is -2.33. The number of pyridine rings is 2. The second-order valence-electron chi connectivity index (χ2n) is 8.40. The van der Waals surface area contributed by atoms with Crippen molar-refractivity contribution in [2.24, 2.45) is 0 Å². The van der Waals surface area contributed by atoms with Gasteiger partial charge >= 0.3 is 0 Å². The Morgan fingerprint density at radius 1 is 1.00 bits per heavy atom. The molecule has 6 nitrogen and oxygen atoms in total. The van der Waals surface area contributed by atoms with Crippen molar-refractivity contribution in [3.8, 4) is 16.9 Å². The van der Waals surface area contributed by atoms with Gasteiger partial charge in [0, 0.05) is 49.6 Å². The third-order valence-electron chi connectivity index (χ3n) is 5.99. The monoisotopic (exact) mass is 526 g/mol. The molecule has 1 aliphatic heterocycles. The van der Waals surface area contributed by atoms with Gasteiger partial charge in [-0.2, -0.15) is 0 Å². The van der Waals surface area contributed by atoms with Gasteiger partial charge in [-0.05, 0) is 12.1 Å². The molecule has 0 saturated heterocycles. The molecule has 0 unspecified atom stereocenters. The zero-order chi connectivity index (χ0) is 24.7. The Bertz CT molecular complexity index is 1460. The number of halogens is 3. The lowest BCUT2D eigenvalue weighted by molar-refractivity contribution is 0.0925. The Balaban J connectivity index is 1.62. The summed E-state index contributed by atoms with van der Waals surface area (Å²) in [6, 6.07) is 12.9. The molecule has 0 aliphatic carbocycles. The van der Waals surface area contributed by atoms with Crippen LogP contribution in [0.2, 0.25) is 15.1 Å². The Kier molecular flexibility index (Phi) is 6.45. The van der Waals surface area contributed by atoms with Gasteiger partial charge in [-0.15, -0.1) is 0 Å². The number of hydrogen-bond acceptors (Lipinski definition) is 5. The van der Waals surface area contributed by atoms with Gasteiger partial charge in [0.05, 0.1) is 39.0 Å². The maximum atomic E-state index is 13.5. The Hall–Kier alpha value is -3.06. The fourth-order valence-corrected chi connectivity index (χ4v) is 5.03. The first kappa shape index (κ1) is 23.7. The van der Waals surface area contributed by atoms with Crippen molar-refractivity contribution in [2.45, 2.75) is 12.5 Å². The van der Waals surface area contributed by atoms with Crippen LogP contribution in [-0.4, -0.2) is 36.6 Å². The molecule has 0 fully saturated rings. The van der Waals surface area contributed by atoms with Gasteiger partial charge < -0.3 is 15.0 Å². The molecule has 1 N–H and O–H groups in total. The van der Waals surface area contributed by atoms with Crippen molar-refractivity contribution in [3.05, 3.63) is 81.1 Å². The molecule has 1 aliphatic rings. The van der Waals surface area contributed by atoms with E-state index in [1.54, 1.807) is 24.5 Å². The topological polar surface area (TPSA) is 67.4 Å². The number of ether oxygens (including phenoxy) is 1. The molecule has 1 atom stereocenters. The summed E-state index contributed by atoms with van der Waals surface area (Å²) in [4.78, 5) is 24.5. The van der Waals surface area contributed by atoms with Gasteiger partial charge in [-0.3, -0.25) is 14.8 Å². The summed E-state index contributed by atoms with van der Waals surface area (Å²) >= 11 is 19.3. The van der Waals surface area contributed by atoms with Crippen LogP contribution in [0.3, 0.4) is 0 Å². The standard InChI is InChI=1S/C26H21Cl3N4O2/c1-33(2)25-16(26(34)32-19-10-11-35-20-9-4-3-6-14(19)20)12-30-23-21(18(28)13-31-24(23)25)15-7-5-8-17(27)22(15)29/h3-9,12-13,19H,10-11H2,1-2H3,(H,32,34)/t19-/m0/s1. The van der Waals surface area contributed by atoms with Crippen LogP contribution in [0.4, 0.5) is 5.69 Å². The molecule has 178 valence electrons. The molecule has 0 saturated carbocycles. The zero-order valence-corrected chi connectivity index (χ0v) is 21.2. The number of hydrogen-bond donors (Lipinski definition) is 1. The molecular weight excluding hydrogens is 507 g/mol. The largest absolute Gasteiger partial charge is 0.493 e. The summed E-state index contributed by atoms with van der Waals surface area (Å²) < 4.78 is 5.73. The fraction of sp³-hybridized carbons (Fsp3) is 0.192. The molecule has 1 amide bonds. The average Bonchev–Trinajstić information content (AvgIpc) is 2.85. The van der Waals surface area contributed by atoms with E-state index >= 15 is 0 Å². The van der Waals surface area contributed by atoms with E-state index in [0.717, 1.165) is 11.3 Å². The summed E-state index contributed by atoms with van der Waals surface area (Å²) in [5, 5.41) is 4.31. The van der Waals surface area contributed by atoms with Crippen molar-refractivity contribution in [1.29, 1.82) is 0 Å². The van der Waals surface area contributed by atoms with Gasteiger partial charge in [0.1, 0.15) is 16.8 Å². The highest BCUT2D eigenvalue weighted by Gasteiger charge is 2.27. The number of rotatable bonds is 4. The van der Waals surface area contributed by atoms with Crippen molar-refractivity contribution < 1.29 is 9.53 Å². The van der Waals surface area contributed by atoms with E-state index in [0.29, 0.717) is 61.5 Å². The summed E-state index contributed by atoms with van der Waals surface area (Å²) in [7, 11) is 3.72. The van der Waals surface area contributed by atoms with E-state index in [9.17, 15) is 4.79 Å². The van der Waals surface area contributed by atoms with Gasteiger partial charge in [-0.1, -0.05) is 65.1 Å². The van der Waals surface area contributed by atoms with Crippen LogP contribution in [0.25, 0.3) is 22.2 Å². The van der Waals surface area contributed by atoms with E-state index < -0.39 is 0 Å². The predicted octanol–water partition coefficient (Wildman–Crippen LogP) is 6.58. The van der Waals surface area contributed by atoms with E-state index in [4.69, 9.17) is 39.5 Å². The van der Waals surface area contributed by atoms with Crippen LogP contribution in [0.1, 0.15) is 28.4 Å². The highest BCUT2D eigenvalue weighted by atomic mass is 35.5. The minimum atomic E-state index is -0.246. The highest BCUT2D eigenvalue weighted by Crippen LogP contribution is 2.42. The molecule has 0 spiro atoms. The minimum absolute atomic E-state index is 0.169. The van der Waals surface area contributed by atoms with Crippen molar-refractivity contribution in [2.75, 3.05) is 25.6 Å². The van der Waals surface area contributed by atoms with Crippen molar-refractivity contribution >= 4 is 57.4 Å². The molecule has 9 heteroatoms. The van der Waals surface area contributed by atoms with Crippen molar-refractivity contribution in [3.63, 3.8) is 0 Å². The van der Waals surface area contributed by atoms with Crippen LogP contribution in [0, 0.1) is 0 Å². The number of para-hydroxylation sites is 1. The summed E-state index contributed by atoms with van der Waals surface area (Å²) in [6.45, 7) is 0.530. The zero-order valence-electron chi connectivity index (χ0n) is 19.0. The number of nitrogens with zero attached hydrogens (tertiary/aromatic N) is 3. The number of anilines is 1. The minimum Gasteiger partial charge on any atom is -0.493 e. The van der Waals surface area contributed by atoms with E-state index in [-0.39, 0.29) is 11.9 Å². The molecule has 3 heterocycles. The molecule has 35 heavy (non-hydrogen) atoms. The second kappa shape index (κ2) is 9.53. The first-order chi connectivity index (χ1) is 16.9. The number of fused-ring (bicyclic) bond motifs is 2. The van der Waals surface area contributed by atoms with Gasteiger partial charge in [0.25, 0.3) is 5.91 Å². The lowest BCUT2D eigenvalue weighted by atomic mass is 9.99. The van der Waals surface area contributed by atoms with Crippen molar-refractivity contribution in [1.82, 2.24) is 15.3 Å². The second-order valence-corrected chi connectivity index (χ2v) is 9.59. The van der Waals surface area contributed by atoms with Gasteiger partial charge in [-0.25, -0.2) is 0 Å². The molecule has 2 aromatic heterocycles. The maximum Gasteiger partial charge on any atom is 0.255 e. The Morgan fingerprint density at radius 2 is 1.77 bits per heavy atom. The molecule has 4 aromatic rings. The predicted molar refractivity (Wildman–Crippen MR) is 141 cm³/mol. The number of nitrogens with one attached hydrogen (secondary N) is 1. The maximum absolute atomic E-state index is 13.5. The number of benzene rings is 2. The number of amides is 1. The molecule has 2 aromatic carbocycles. The first-order valence-electron chi connectivity index (χ1n) is 11.0. The number of aromatic nitrogens is 2. The van der Waals surface area contributed by atoms with Crippen LogP contribution in [0.15, 0.2) is 54.9 Å². The summed E-state index contributed by atoms with van der Waals surface area (Å²) in [5.74, 6) is 0.539. The summed E-state index contributed by atoms with van der Waals surface area (Å²) in [6.07, 6.45) is 3.77. The van der Waals surface area contributed by atoms with E-state index in [1.807, 2.05) is 49.3 Å². The van der Waals surface area contributed by atoms with Crippen LogP contribution in [-0.2, 0) is 0 Å². The molecule has 5 rings (SSSR count). The third kappa shape index (κ3) is 4.27. The van der Waals surface area contributed by atoms with Crippen LogP contribution in [0.5, 0.6) is 5.75 Å². The molecular formula is C26H21Cl3N4O2. The average molecular weight is 528 g/mol. The quantitative estimate of drug-likeness (QED) is 0.325. The molecule has 0 radical (unpaired) electrons. The Labute approximate surface area is 217 Å². The molecule has 0 bridgehead atoms. The van der Waals surface area contributed by atoms with Gasteiger partial charge in [0.2, 0.25) is 0 Å². The van der Waals surface area contributed by atoms with Crippen LogP contribution < -0.4 is 15.0 Å². The Morgan fingerprint density at radius 3 is 2.57 bits per heavy atom. The summed E-state index contributed by atoms with van der Waals surface area (Å²) in [5.41, 5.74) is 4.30. The fourth-order valence-electron chi connectivity index (χ4n) is 4.40. The highest BCUT2D eigenvalue weighted by molar-refractivity contribution is 6.44. The van der Waals surface area contributed by atoms with E-state index in [2.05, 4.69) is 15.3 Å². The van der Waals surface area contributed by atoms with Crippen LogP contribution >= 0.6 is 34.8 Å². The number of carbonyl (C=O) groups is 1. The SMILES string of the molecule is CN(C)c1c(C(=O)N[C@H]2CCOc3ccccc32)cnc2c(-c3cccc(Cl)c3Cl)c(Cl)cnc12. The first-order valence-corrected chi connectivity index (χ1v) is 12.1. The van der Waals surface area contributed by atoms with E-state index in [1.165, 1.54) is 0 Å². The third-order valence-corrected chi connectivity index (χ3v) is 7.09. The smallest absolute Gasteiger partial charge is 0.255 e. The number of carbonyl (C=O) groups excluding carboxylic acids is 1. The van der Waals surface area contributed by atoms with Gasteiger partial charge in [0.15, 0.2) is 0 Å². The lowest BCUT2D eigenvalue weighted by Gasteiger charge is -2.27. The normalized spacial score (nSPS) is 14.8.